The van der Waals surface area contributed by atoms with Crippen LogP contribution in [0.15, 0.2) is 48.7 Å². The Kier molecular flexibility index (Phi) is 10.4. The van der Waals surface area contributed by atoms with Crippen molar-refractivity contribution in [3.8, 4) is 0 Å². The van der Waals surface area contributed by atoms with Gasteiger partial charge in [0.2, 0.25) is 17.7 Å². The largest absolute Gasteiger partial charge is 0.396 e. The topological polar surface area (TPSA) is 228 Å². The second kappa shape index (κ2) is 14.4. The summed E-state index contributed by atoms with van der Waals surface area (Å²) in [5.41, 5.74) is 4.95. The van der Waals surface area contributed by atoms with Crippen LogP contribution in [-0.4, -0.2) is 96.0 Å². The van der Waals surface area contributed by atoms with Crippen LogP contribution in [0.3, 0.4) is 0 Å². The van der Waals surface area contributed by atoms with Crippen molar-refractivity contribution in [2.24, 2.45) is 5.73 Å². The molecule has 2 saturated heterocycles. The van der Waals surface area contributed by atoms with Crippen molar-refractivity contribution in [2.75, 3.05) is 13.1 Å². The monoisotopic (exact) mass is 681 g/mol. The molecule has 256 valence electrons. The molecule has 0 aliphatic carbocycles. The Morgan fingerprint density at radius 2 is 1.88 bits per heavy atom. The van der Waals surface area contributed by atoms with Gasteiger partial charge in [-0.2, -0.15) is 0 Å². The molecule has 4 amide bonds. The predicted molar refractivity (Wildman–Crippen MR) is 174 cm³/mol. The predicted octanol–water partition coefficient (Wildman–Crippen LogP) is 1.58. The molecular formula is C32H40N7O8P. The summed E-state index contributed by atoms with van der Waals surface area (Å²) in [6.45, 7) is 4.86. The average Bonchev–Trinajstić information content (AvgIpc) is 3.66. The second-order valence-electron chi connectivity index (χ2n) is 12.6. The van der Waals surface area contributed by atoms with Gasteiger partial charge in [0.05, 0.1) is 11.7 Å². The van der Waals surface area contributed by atoms with E-state index in [-0.39, 0.29) is 48.6 Å². The lowest BCUT2D eigenvalue weighted by molar-refractivity contribution is -0.143. The molecule has 2 aliphatic heterocycles. The summed E-state index contributed by atoms with van der Waals surface area (Å²) in [4.78, 5) is 94.9. The van der Waals surface area contributed by atoms with Crippen molar-refractivity contribution in [3.63, 3.8) is 0 Å². The molecule has 2 aliphatic rings. The first-order valence-corrected chi connectivity index (χ1v) is 17.4. The summed E-state index contributed by atoms with van der Waals surface area (Å²) < 4.78 is 11.5. The van der Waals surface area contributed by atoms with Crippen molar-refractivity contribution in [2.45, 2.75) is 76.2 Å². The average molecular weight is 682 g/mol. The molecule has 2 aromatic heterocycles. The first kappa shape index (κ1) is 34.9. The maximum absolute atomic E-state index is 14.3. The Balaban J connectivity index is 1.38. The lowest BCUT2D eigenvalue weighted by Crippen LogP contribution is -2.61. The molecule has 1 unspecified atom stereocenters. The van der Waals surface area contributed by atoms with E-state index in [1.54, 1.807) is 29.3 Å². The number of nitrogens with one attached hydrogen (secondary N) is 3. The maximum atomic E-state index is 14.3. The van der Waals surface area contributed by atoms with Gasteiger partial charge in [0.15, 0.2) is 0 Å². The third-order valence-electron chi connectivity index (χ3n) is 8.98. The number of hydrogen-bond donors (Lipinski definition) is 6. The first-order chi connectivity index (χ1) is 22.7. The summed E-state index contributed by atoms with van der Waals surface area (Å²) in [7, 11) is -5.00. The number of fused-ring (bicyclic) bond motifs is 2. The van der Waals surface area contributed by atoms with Crippen molar-refractivity contribution >= 4 is 47.7 Å². The highest BCUT2D eigenvalue weighted by Gasteiger charge is 2.45. The van der Waals surface area contributed by atoms with Gasteiger partial charge in [-0.15, -0.1) is 0 Å². The summed E-state index contributed by atoms with van der Waals surface area (Å²) in [5.74, 6) is -1.89. The molecule has 3 aromatic rings. The van der Waals surface area contributed by atoms with E-state index in [0.717, 1.165) is 0 Å². The molecule has 0 bridgehead atoms. The number of benzene rings is 1. The molecule has 4 atom stereocenters. The maximum Gasteiger partial charge on any atom is 0.396 e. The number of hydrogen-bond acceptors (Lipinski definition) is 8. The highest BCUT2D eigenvalue weighted by Crippen LogP contribution is 2.39. The lowest BCUT2D eigenvalue weighted by atomic mass is 10.0. The minimum atomic E-state index is -5.00. The van der Waals surface area contributed by atoms with Crippen LogP contribution < -0.4 is 16.4 Å². The molecule has 0 saturated carbocycles. The standard InChI is InChI=1S/C32H40N7O8P/c1-18(2)38-14-12-21-7-10-27(30(42)36-24(9-11-28(33)40)23-5-3-4-13-34-23)39(21)31(43)26(17-38)37-29(41)25-16-20-15-19(6-8-22(20)35-25)32(44)48(45,46)47/h3-6,8,13,15-16,18,21,24,26-27,35H,7,9-12,14,17H2,1-2H3,(H2,33,40)(H,36,42)(H,37,41)(H2,45,46,47)/t21-,24+,26?,27+/m1/s1. The van der Waals surface area contributed by atoms with Crippen LogP contribution in [0.5, 0.6) is 0 Å². The fourth-order valence-corrected chi connectivity index (χ4v) is 6.93. The Bertz CT molecular complexity index is 1760. The summed E-state index contributed by atoms with van der Waals surface area (Å²) in [6.07, 6.45) is 3.54. The Morgan fingerprint density at radius 1 is 1.10 bits per heavy atom. The molecule has 4 heterocycles. The van der Waals surface area contributed by atoms with Gasteiger partial charge in [-0.05, 0) is 75.9 Å². The van der Waals surface area contributed by atoms with Gasteiger partial charge in [0.25, 0.3) is 11.4 Å². The number of aromatic amines is 1. The zero-order chi connectivity index (χ0) is 34.7. The van der Waals surface area contributed by atoms with Crippen LogP contribution in [0.25, 0.3) is 10.9 Å². The molecule has 2 fully saturated rings. The van der Waals surface area contributed by atoms with Gasteiger partial charge in [-0.1, -0.05) is 6.07 Å². The lowest BCUT2D eigenvalue weighted by Gasteiger charge is -2.40. The smallest absolute Gasteiger partial charge is 0.370 e. The molecule has 7 N–H and O–H groups in total. The fourth-order valence-electron chi connectivity index (χ4n) is 6.46. The number of H-pyrrole nitrogens is 1. The highest BCUT2D eigenvalue weighted by molar-refractivity contribution is 7.70. The van der Waals surface area contributed by atoms with Crippen molar-refractivity contribution in [1.29, 1.82) is 0 Å². The Morgan fingerprint density at radius 3 is 2.54 bits per heavy atom. The van der Waals surface area contributed by atoms with Crippen LogP contribution in [0.1, 0.15) is 78.5 Å². The van der Waals surface area contributed by atoms with E-state index in [9.17, 15) is 38.3 Å². The molecule has 0 spiro atoms. The molecule has 1 aromatic carbocycles. The minimum absolute atomic E-state index is 0.0334. The number of nitrogens with zero attached hydrogens (tertiary/aromatic N) is 3. The van der Waals surface area contributed by atoms with Crippen molar-refractivity contribution in [3.05, 3.63) is 65.6 Å². The second-order valence-corrected chi connectivity index (χ2v) is 14.0. The number of carbonyl (C=O) groups is 5. The Labute approximate surface area is 276 Å². The number of carbonyl (C=O) groups excluding carboxylic acids is 5. The van der Waals surface area contributed by atoms with E-state index >= 15 is 0 Å². The SMILES string of the molecule is CC(C)N1CC[C@H]2CC[C@@H](C(=O)N[C@@H](CCC(N)=O)c3ccccn3)N2C(=O)C(NC(=O)c2cc3cc(C(=O)P(=O)(O)O)ccc3[nH]2)C1. The summed E-state index contributed by atoms with van der Waals surface area (Å²) >= 11 is 0. The van der Waals surface area contributed by atoms with Crippen LogP contribution in [0.2, 0.25) is 0 Å². The van der Waals surface area contributed by atoms with E-state index in [4.69, 9.17) is 5.73 Å². The number of rotatable bonds is 11. The van der Waals surface area contributed by atoms with Gasteiger partial charge < -0.3 is 36.0 Å². The molecule has 5 rings (SSSR count). The quantitative estimate of drug-likeness (QED) is 0.160. The third-order valence-corrected chi connectivity index (χ3v) is 9.76. The zero-order valence-electron chi connectivity index (χ0n) is 26.7. The van der Waals surface area contributed by atoms with E-state index in [0.29, 0.717) is 42.4 Å². The van der Waals surface area contributed by atoms with E-state index in [2.05, 4.69) is 25.5 Å². The fraction of sp³-hybridized carbons (Fsp3) is 0.438. The van der Waals surface area contributed by atoms with Gasteiger partial charge in [-0.3, -0.25) is 38.4 Å². The van der Waals surface area contributed by atoms with E-state index in [1.807, 2.05) is 13.8 Å². The van der Waals surface area contributed by atoms with Crippen molar-refractivity contribution < 1.29 is 38.3 Å². The summed E-state index contributed by atoms with van der Waals surface area (Å²) in [6, 6.07) is 8.13. The number of pyridine rings is 1. The van der Waals surface area contributed by atoms with Gasteiger partial charge in [-0.25, -0.2) is 0 Å². The van der Waals surface area contributed by atoms with Crippen LogP contribution in [0, 0.1) is 0 Å². The molecule has 0 radical (unpaired) electrons. The number of primary amides is 1. The molecule has 16 heteroatoms. The van der Waals surface area contributed by atoms with Gasteiger partial charge >= 0.3 is 7.60 Å². The number of nitrogens with two attached hydrogens (primary N) is 1. The van der Waals surface area contributed by atoms with Crippen LogP contribution >= 0.6 is 7.60 Å². The summed E-state index contributed by atoms with van der Waals surface area (Å²) in [5, 5.41) is 6.21. The normalized spacial score (nSPS) is 21.0. The van der Waals surface area contributed by atoms with E-state index < -0.39 is 49.0 Å². The third kappa shape index (κ3) is 7.81. The van der Waals surface area contributed by atoms with Crippen LogP contribution in [-0.2, 0) is 18.9 Å². The van der Waals surface area contributed by atoms with E-state index in [1.165, 1.54) is 24.3 Å². The van der Waals surface area contributed by atoms with Gasteiger partial charge in [0.1, 0.15) is 17.8 Å². The highest BCUT2D eigenvalue weighted by atomic mass is 31.2. The molecule has 48 heavy (non-hydrogen) atoms. The Hall–Kier alpha value is -4.43. The zero-order valence-corrected chi connectivity index (χ0v) is 27.6. The van der Waals surface area contributed by atoms with Gasteiger partial charge in [0, 0.05) is 54.3 Å². The number of aromatic nitrogens is 2. The first-order valence-electron chi connectivity index (χ1n) is 15.8. The minimum Gasteiger partial charge on any atom is -0.370 e. The molecule has 15 nitrogen and oxygen atoms in total. The van der Waals surface area contributed by atoms with Crippen molar-refractivity contribution in [1.82, 2.24) is 30.4 Å². The molecular weight excluding hydrogens is 641 g/mol. The van der Waals surface area contributed by atoms with Crippen LogP contribution in [0.4, 0.5) is 0 Å². The number of amides is 4.